The van der Waals surface area contributed by atoms with Crippen LogP contribution < -0.4 is 0 Å². The van der Waals surface area contributed by atoms with Gasteiger partial charge in [-0.25, -0.2) is 4.98 Å². The summed E-state index contributed by atoms with van der Waals surface area (Å²) in [5.41, 5.74) is 1.71. The maximum atomic E-state index is 12.1. The molecule has 2 aliphatic carbocycles. The Balaban J connectivity index is 2.21. The smallest absolute Gasteiger partial charge is 0.253 e. The molecule has 2 aliphatic rings. The van der Waals surface area contributed by atoms with Gasteiger partial charge >= 0.3 is 0 Å². The fraction of sp³-hybridized carbons (Fsp3) is 0.400. The number of carbonyl (C=O) groups excluding carboxylic acids is 2. The molecule has 1 N–H and O–H groups in total. The van der Waals surface area contributed by atoms with Gasteiger partial charge in [-0.3, -0.25) is 9.59 Å². The van der Waals surface area contributed by atoms with E-state index in [1.54, 1.807) is 6.08 Å². The van der Waals surface area contributed by atoms with E-state index >= 15 is 0 Å². The average molecular weight is 256 g/mol. The minimum atomic E-state index is -0.483. The number of Topliss-reactive ketones (excluding diaryl/α,β-unsaturated/α-hetero) is 2. The van der Waals surface area contributed by atoms with Gasteiger partial charge in [0.15, 0.2) is 0 Å². The van der Waals surface area contributed by atoms with Gasteiger partial charge in [0.2, 0.25) is 5.78 Å². The molecule has 1 aromatic rings. The molecule has 19 heavy (non-hydrogen) atoms. The Morgan fingerprint density at radius 3 is 2.68 bits per heavy atom. The Morgan fingerprint density at radius 2 is 2.00 bits per heavy atom. The molecule has 1 heterocycles. The van der Waals surface area contributed by atoms with Crippen LogP contribution in [0.1, 0.15) is 54.6 Å². The first-order chi connectivity index (χ1) is 9.00. The lowest BCUT2D eigenvalue weighted by molar-refractivity contribution is -0.112. The van der Waals surface area contributed by atoms with Gasteiger partial charge in [-0.15, -0.1) is 0 Å². The van der Waals surface area contributed by atoms with Crippen molar-refractivity contribution in [3.05, 3.63) is 41.0 Å². The zero-order valence-electron chi connectivity index (χ0n) is 11.2. The fourth-order valence-corrected chi connectivity index (χ4v) is 2.78. The highest BCUT2D eigenvalue weighted by Crippen LogP contribution is 2.41. The highest BCUT2D eigenvalue weighted by Gasteiger charge is 2.42. The molecule has 0 radical (unpaired) electrons. The Morgan fingerprint density at radius 1 is 1.26 bits per heavy atom. The minimum absolute atomic E-state index is 0.0646. The fourth-order valence-electron chi connectivity index (χ4n) is 2.78. The lowest BCUT2D eigenvalue weighted by Gasteiger charge is -2.28. The zero-order chi connectivity index (χ0) is 13.7. The van der Waals surface area contributed by atoms with Crippen molar-refractivity contribution in [2.24, 2.45) is 5.92 Å². The van der Waals surface area contributed by atoms with Crippen LogP contribution in [0.25, 0.3) is 0 Å². The van der Waals surface area contributed by atoms with Crippen LogP contribution in [0.15, 0.2) is 23.8 Å². The van der Waals surface area contributed by atoms with Gasteiger partial charge in [0, 0.05) is 17.4 Å². The van der Waals surface area contributed by atoms with Gasteiger partial charge < -0.3 is 4.98 Å². The molecule has 2 atom stereocenters. The van der Waals surface area contributed by atoms with Gasteiger partial charge in [-0.05, 0) is 5.92 Å². The summed E-state index contributed by atoms with van der Waals surface area (Å²) < 4.78 is 0. The van der Waals surface area contributed by atoms with Crippen LogP contribution in [-0.2, 0) is 4.79 Å². The van der Waals surface area contributed by atoms with Crippen molar-refractivity contribution >= 4 is 11.6 Å². The van der Waals surface area contributed by atoms with Crippen LogP contribution in [0, 0.1) is 5.92 Å². The molecule has 3 rings (SSSR count). The number of nitrogens with one attached hydrogen (secondary N) is 1. The number of fused-ring (bicyclic) bond motifs is 3. The van der Waals surface area contributed by atoms with E-state index in [2.05, 4.69) is 23.0 Å². The second-order valence-electron chi connectivity index (χ2n) is 5.54. The number of hydrogen-bond donors (Lipinski definition) is 1. The number of allylic oxidation sites excluding steroid dienone is 4. The monoisotopic (exact) mass is 256 g/mol. The predicted molar refractivity (Wildman–Crippen MR) is 71.1 cm³/mol. The van der Waals surface area contributed by atoms with Gasteiger partial charge in [0.1, 0.15) is 11.5 Å². The first-order valence-corrected chi connectivity index (χ1v) is 6.58. The number of aromatic nitrogens is 2. The van der Waals surface area contributed by atoms with E-state index in [4.69, 9.17) is 0 Å². The summed E-state index contributed by atoms with van der Waals surface area (Å²) in [5.74, 6) is 0.213. The highest BCUT2D eigenvalue weighted by molar-refractivity contribution is 6.50. The summed E-state index contributed by atoms with van der Waals surface area (Å²) in [6.45, 7) is 6.08. The summed E-state index contributed by atoms with van der Waals surface area (Å²) in [4.78, 5) is 31.8. The van der Waals surface area contributed by atoms with Crippen molar-refractivity contribution in [3.8, 4) is 0 Å². The largest absolute Gasteiger partial charge is 0.344 e. The van der Waals surface area contributed by atoms with E-state index in [0.717, 1.165) is 11.5 Å². The van der Waals surface area contributed by atoms with E-state index in [1.807, 2.05) is 19.9 Å². The molecular formula is C15H16N2O2. The molecule has 0 aromatic carbocycles. The number of ketones is 2. The summed E-state index contributed by atoms with van der Waals surface area (Å²) in [5, 5.41) is 0. The highest BCUT2D eigenvalue weighted by atomic mass is 16.2. The second-order valence-corrected chi connectivity index (χ2v) is 5.54. The molecule has 98 valence electrons. The second kappa shape index (κ2) is 4.02. The minimum Gasteiger partial charge on any atom is -0.344 e. The Kier molecular flexibility index (Phi) is 2.55. The number of imidazole rings is 1. The van der Waals surface area contributed by atoms with Gasteiger partial charge in [-0.2, -0.15) is 0 Å². The molecule has 0 fully saturated rings. The van der Waals surface area contributed by atoms with E-state index in [1.165, 1.54) is 0 Å². The predicted octanol–water partition coefficient (Wildman–Crippen LogP) is 2.51. The van der Waals surface area contributed by atoms with Crippen LogP contribution in [-0.4, -0.2) is 21.5 Å². The summed E-state index contributed by atoms with van der Waals surface area (Å²) in [6, 6.07) is 0. The molecule has 4 heteroatoms. The van der Waals surface area contributed by atoms with E-state index in [9.17, 15) is 9.59 Å². The summed E-state index contributed by atoms with van der Waals surface area (Å²) in [6.07, 6.45) is 5.66. The van der Waals surface area contributed by atoms with Crippen LogP contribution in [0.3, 0.4) is 0 Å². The van der Waals surface area contributed by atoms with Crippen molar-refractivity contribution in [3.63, 3.8) is 0 Å². The Bertz CT molecular complexity index is 635. The van der Waals surface area contributed by atoms with Crippen molar-refractivity contribution in [2.45, 2.75) is 32.6 Å². The molecular weight excluding hydrogens is 240 g/mol. The number of H-pyrrole nitrogens is 1. The van der Waals surface area contributed by atoms with Crippen molar-refractivity contribution in [1.82, 2.24) is 9.97 Å². The number of hydrogen-bond acceptors (Lipinski definition) is 3. The molecule has 0 aliphatic heterocycles. The molecule has 0 saturated carbocycles. The van der Waals surface area contributed by atoms with Crippen LogP contribution in [0.4, 0.5) is 0 Å². The number of nitrogens with zero attached hydrogens (tertiary/aromatic N) is 1. The quantitative estimate of drug-likeness (QED) is 0.785. The van der Waals surface area contributed by atoms with E-state index in [-0.39, 0.29) is 17.8 Å². The Hall–Kier alpha value is -1.97. The van der Waals surface area contributed by atoms with Crippen LogP contribution in [0.5, 0.6) is 0 Å². The molecule has 0 bridgehead atoms. The zero-order valence-corrected chi connectivity index (χ0v) is 11.2. The first-order valence-electron chi connectivity index (χ1n) is 6.58. The maximum absolute atomic E-state index is 12.1. The molecule has 0 saturated heterocycles. The standard InChI is InChI=1S/C15H16N2O2/c1-7(2)15-16-11-10-8(3)5-4-6-9(10)13(18)14(19)12(11)17-15/h4-8,10H,1-3H3,(H,16,17). The molecule has 0 amide bonds. The van der Waals surface area contributed by atoms with Crippen LogP contribution in [0.2, 0.25) is 0 Å². The Labute approximate surface area is 111 Å². The van der Waals surface area contributed by atoms with Crippen molar-refractivity contribution < 1.29 is 9.59 Å². The number of carbonyl (C=O) groups is 2. The molecule has 4 nitrogen and oxygen atoms in total. The topological polar surface area (TPSA) is 62.8 Å². The maximum Gasteiger partial charge on any atom is 0.253 e. The number of aromatic amines is 1. The van der Waals surface area contributed by atoms with Crippen molar-refractivity contribution in [1.29, 1.82) is 0 Å². The van der Waals surface area contributed by atoms with Gasteiger partial charge in [0.05, 0.1) is 5.69 Å². The third-order valence-corrected chi connectivity index (χ3v) is 3.84. The third kappa shape index (κ3) is 1.63. The normalized spacial score (nSPS) is 25.4. The summed E-state index contributed by atoms with van der Waals surface area (Å²) >= 11 is 0. The van der Waals surface area contributed by atoms with E-state index < -0.39 is 11.6 Å². The summed E-state index contributed by atoms with van der Waals surface area (Å²) in [7, 11) is 0. The van der Waals surface area contributed by atoms with Gasteiger partial charge in [0.25, 0.3) is 5.78 Å². The molecule has 2 unspecified atom stereocenters. The molecule has 1 aromatic heterocycles. The van der Waals surface area contributed by atoms with Crippen LogP contribution >= 0.6 is 0 Å². The van der Waals surface area contributed by atoms with E-state index in [0.29, 0.717) is 11.3 Å². The lowest BCUT2D eigenvalue weighted by Crippen LogP contribution is -2.32. The number of rotatable bonds is 1. The SMILES string of the molecule is CC(C)c1nc2c([nH]1)C1C(=CC=CC1C)C(=O)C2=O. The first kappa shape index (κ1) is 12.1. The van der Waals surface area contributed by atoms with Gasteiger partial charge in [-0.1, -0.05) is 39.0 Å². The third-order valence-electron chi connectivity index (χ3n) is 3.84. The average Bonchev–Trinajstić information content (AvgIpc) is 2.81. The lowest BCUT2D eigenvalue weighted by atomic mass is 9.74. The molecule has 0 spiro atoms. The van der Waals surface area contributed by atoms with Crippen molar-refractivity contribution in [2.75, 3.05) is 0 Å².